The highest BCUT2D eigenvalue weighted by Crippen LogP contribution is 2.31. The molecule has 24 heavy (non-hydrogen) atoms. The number of aldehydes is 1. The van der Waals surface area contributed by atoms with Gasteiger partial charge in [0.05, 0.1) is 6.61 Å². The fourth-order valence-electron chi connectivity index (χ4n) is 2.56. The van der Waals surface area contributed by atoms with E-state index in [1.165, 1.54) is 4.90 Å². The van der Waals surface area contributed by atoms with Crippen molar-refractivity contribution in [3.63, 3.8) is 0 Å². The number of β-lactam (4-membered cyclic amide) rings is 1. The van der Waals surface area contributed by atoms with E-state index in [2.05, 4.69) is 0 Å². The minimum Gasteiger partial charge on any atom is -0.494 e. The zero-order valence-corrected chi connectivity index (χ0v) is 13.8. The van der Waals surface area contributed by atoms with Gasteiger partial charge in [-0.05, 0) is 55.5 Å². The van der Waals surface area contributed by atoms with Crippen LogP contribution in [0.3, 0.4) is 0 Å². The standard InChI is InChI=1S/C18H16ClNO4/c1-2-23-14-9-5-13(6-10-14)20-16(11-21)17(18(20)22)24-15-7-3-12(19)4-8-15/h3-11,16-17H,2H2,1H3/t16-,17+/m1/s1. The summed E-state index contributed by atoms with van der Waals surface area (Å²) in [4.78, 5) is 25.2. The smallest absolute Gasteiger partial charge is 0.271 e. The molecule has 1 aliphatic heterocycles. The van der Waals surface area contributed by atoms with Crippen LogP contribution in [0, 0.1) is 0 Å². The Morgan fingerprint density at radius 2 is 1.71 bits per heavy atom. The van der Waals surface area contributed by atoms with Gasteiger partial charge in [0.25, 0.3) is 5.91 Å². The van der Waals surface area contributed by atoms with Crippen molar-refractivity contribution in [2.24, 2.45) is 0 Å². The molecule has 1 saturated heterocycles. The van der Waals surface area contributed by atoms with Crippen LogP contribution in [-0.2, 0) is 9.59 Å². The predicted octanol–water partition coefficient (Wildman–Crippen LogP) is 3.10. The van der Waals surface area contributed by atoms with E-state index < -0.39 is 12.1 Å². The molecule has 2 atom stereocenters. The summed E-state index contributed by atoms with van der Waals surface area (Å²) in [5.74, 6) is 0.952. The van der Waals surface area contributed by atoms with Crippen LogP contribution >= 0.6 is 11.6 Å². The minimum absolute atomic E-state index is 0.258. The van der Waals surface area contributed by atoms with E-state index in [0.29, 0.717) is 28.8 Å². The second-order valence-corrected chi connectivity index (χ2v) is 5.69. The van der Waals surface area contributed by atoms with E-state index in [9.17, 15) is 9.59 Å². The third kappa shape index (κ3) is 3.08. The number of rotatable bonds is 6. The summed E-state index contributed by atoms with van der Waals surface area (Å²) < 4.78 is 11.0. The lowest BCUT2D eigenvalue weighted by atomic mass is 9.97. The quantitative estimate of drug-likeness (QED) is 0.596. The van der Waals surface area contributed by atoms with Gasteiger partial charge in [0.1, 0.15) is 23.8 Å². The summed E-state index contributed by atoms with van der Waals surface area (Å²) in [7, 11) is 0. The molecule has 1 heterocycles. The van der Waals surface area contributed by atoms with Gasteiger partial charge in [0, 0.05) is 10.7 Å². The topological polar surface area (TPSA) is 55.8 Å². The number of nitrogens with zero attached hydrogens (tertiary/aromatic N) is 1. The summed E-state index contributed by atoms with van der Waals surface area (Å²) in [5.41, 5.74) is 0.636. The third-order valence-corrected chi connectivity index (χ3v) is 3.98. The monoisotopic (exact) mass is 345 g/mol. The van der Waals surface area contributed by atoms with E-state index in [1.54, 1.807) is 48.5 Å². The molecule has 5 nitrogen and oxygen atoms in total. The molecule has 0 unspecified atom stereocenters. The van der Waals surface area contributed by atoms with Gasteiger partial charge in [-0.15, -0.1) is 0 Å². The van der Waals surface area contributed by atoms with Crippen molar-refractivity contribution in [2.45, 2.75) is 19.1 Å². The number of anilines is 1. The van der Waals surface area contributed by atoms with Gasteiger partial charge in [0.15, 0.2) is 0 Å². The van der Waals surface area contributed by atoms with Crippen LogP contribution < -0.4 is 14.4 Å². The van der Waals surface area contributed by atoms with E-state index >= 15 is 0 Å². The van der Waals surface area contributed by atoms with Gasteiger partial charge < -0.3 is 14.3 Å². The summed E-state index contributed by atoms with van der Waals surface area (Å²) in [6.07, 6.45) is -0.103. The van der Waals surface area contributed by atoms with Gasteiger partial charge in [-0.1, -0.05) is 11.6 Å². The first-order chi connectivity index (χ1) is 11.6. The molecule has 0 aromatic heterocycles. The molecule has 3 rings (SSSR count). The summed E-state index contributed by atoms with van der Waals surface area (Å²) in [5, 5.41) is 0.574. The fourth-order valence-corrected chi connectivity index (χ4v) is 2.69. The number of ether oxygens (including phenoxy) is 2. The molecule has 0 radical (unpaired) electrons. The molecule has 1 amide bonds. The van der Waals surface area contributed by atoms with E-state index in [4.69, 9.17) is 21.1 Å². The highest BCUT2D eigenvalue weighted by atomic mass is 35.5. The van der Waals surface area contributed by atoms with Crippen molar-refractivity contribution in [2.75, 3.05) is 11.5 Å². The lowest BCUT2D eigenvalue weighted by molar-refractivity contribution is -0.138. The highest BCUT2D eigenvalue weighted by molar-refractivity contribution is 6.30. The fraction of sp³-hybridized carbons (Fsp3) is 0.222. The predicted molar refractivity (Wildman–Crippen MR) is 90.8 cm³/mol. The summed E-state index contributed by atoms with van der Waals surface area (Å²) in [6.45, 7) is 2.46. The van der Waals surface area contributed by atoms with E-state index in [-0.39, 0.29) is 5.91 Å². The Morgan fingerprint density at radius 3 is 2.29 bits per heavy atom. The van der Waals surface area contributed by atoms with Crippen molar-refractivity contribution in [1.29, 1.82) is 0 Å². The van der Waals surface area contributed by atoms with Gasteiger partial charge >= 0.3 is 0 Å². The van der Waals surface area contributed by atoms with E-state index in [0.717, 1.165) is 6.29 Å². The molecule has 0 N–H and O–H groups in total. The zero-order chi connectivity index (χ0) is 17.1. The first-order valence-corrected chi connectivity index (χ1v) is 7.95. The van der Waals surface area contributed by atoms with Gasteiger partial charge in [-0.3, -0.25) is 9.69 Å². The average molecular weight is 346 g/mol. The molecule has 1 fully saturated rings. The first kappa shape index (κ1) is 16.3. The van der Waals surface area contributed by atoms with Crippen LogP contribution in [0.1, 0.15) is 6.92 Å². The molecule has 0 bridgehead atoms. The van der Waals surface area contributed by atoms with Gasteiger partial charge in [0.2, 0.25) is 6.10 Å². The number of amides is 1. The maximum Gasteiger partial charge on any atom is 0.271 e. The van der Waals surface area contributed by atoms with Gasteiger partial charge in [-0.25, -0.2) is 0 Å². The zero-order valence-electron chi connectivity index (χ0n) is 13.0. The Hall–Kier alpha value is -2.53. The highest BCUT2D eigenvalue weighted by Gasteiger charge is 2.50. The molecule has 2 aromatic rings. The lowest BCUT2D eigenvalue weighted by Crippen LogP contribution is -2.68. The van der Waals surface area contributed by atoms with Crippen LogP contribution in [0.2, 0.25) is 5.02 Å². The summed E-state index contributed by atoms with van der Waals surface area (Å²) >= 11 is 5.82. The SMILES string of the molecule is CCOc1ccc(N2C(=O)[C@@H](Oc3ccc(Cl)cc3)[C@H]2C=O)cc1. The van der Waals surface area contributed by atoms with Gasteiger partial charge in [-0.2, -0.15) is 0 Å². The number of benzene rings is 2. The lowest BCUT2D eigenvalue weighted by Gasteiger charge is -2.43. The molecule has 6 heteroatoms. The average Bonchev–Trinajstić information content (AvgIpc) is 2.60. The largest absolute Gasteiger partial charge is 0.494 e. The second-order valence-electron chi connectivity index (χ2n) is 5.25. The van der Waals surface area contributed by atoms with Crippen LogP contribution in [0.5, 0.6) is 11.5 Å². The Balaban J connectivity index is 1.73. The van der Waals surface area contributed by atoms with Crippen molar-refractivity contribution in [1.82, 2.24) is 0 Å². The maximum absolute atomic E-state index is 12.4. The van der Waals surface area contributed by atoms with Crippen LogP contribution in [0.25, 0.3) is 0 Å². The summed E-state index contributed by atoms with van der Waals surface area (Å²) in [6, 6.07) is 13.0. The number of carbonyl (C=O) groups excluding carboxylic acids is 2. The number of carbonyl (C=O) groups is 2. The van der Waals surface area contributed by atoms with Crippen LogP contribution in [-0.4, -0.2) is 30.9 Å². The van der Waals surface area contributed by atoms with Crippen molar-refractivity contribution < 1.29 is 19.1 Å². The van der Waals surface area contributed by atoms with Crippen LogP contribution in [0.15, 0.2) is 48.5 Å². The minimum atomic E-state index is -0.824. The van der Waals surface area contributed by atoms with Crippen molar-refractivity contribution in [3.8, 4) is 11.5 Å². The van der Waals surface area contributed by atoms with Crippen LogP contribution in [0.4, 0.5) is 5.69 Å². The molecule has 0 spiro atoms. The molecule has 2 aromatic carbocycles. The molecule has 0 saturated carbocycles. The van der Waals surface area contributed by atoms with E-state index in [1.807, 2.05) is 6.92 Å². The molecule has 124 valence electrons. The Bertz CT molecular complexity index is 730. The second kappa shape index (κ2) is 6.93. The Labute approximate surface area is 144 Å². The molecule has 0 aliphatic carbocycles. The Kier molecular flexibility index (Phi) is 4.71. The maximum atomic E-state index is 12.4. The molecular formula is C18H16ClNO4. The molecule has 1 aliphatic rings. The Morgan fingerprint density at radius 1 is 1.08 bits per heavy atom. The normalized spacial score (nSPS) is 19.6. The number of hydrogen-bond acceptors (Lipinski definition) is 4. The number of hydrogen-bond donors (Lipinski definition) is 0. The molecular weight excluding hydrogens is 330 g/mol. The number of halogens is 1. The first-order valence-electron chi connectivity index (χ1n) is 7.57. The third-order valence-electron chi connectivity index (χ3n) is 3.73. The van der Waals surface area contributed by atoms with Crippen molar-refractivity contribution >= 4 is 29.5 Å². The van der Waals surface area contributed by atoms with Crippen molar-refractivity contribution in [3.05, 3.63) is 53.6 Å².